The Morgan fingerprint density at radius 1 is 1.13 bits per heavy atom. The summed E-state index contributed by atoms with van der Waals surface area (Å²) < 4.78 is 53.2. The van der Waals surface area contributed by atoms with Gasteiger partial charge in [0.2, 0.25) is 5.95 Å². The first-order chi connectivity index (χ1) is 14.1. The topological polar surface area (TPSA) is 53.1 Å². The van der Waals surface area contributed by atoms with Crippen molar-refractivity contribution in [3.63, 3.8) is 0 Å². The lowest BCUT2D eigenvalue weighted by atomic mass is 9.92. The zero-order valence-corrected chi connectivity index (χ0v) is 17.4. The Morgan fingerprint density at radius 3 is 2.37 bits per heavy atom. The van der Waals surface area contributed by atoms with Gasteiger partial charge in [-0.15, -0.1) is 0 Å². The molecule has 0 aliphatic carbocycles. The Bertz CT molecular complexity index is 878. The average molecular weight is 441 g/mol. The van der Waals surface area contributed by atoms with Gasteiger partial charge in [-0.25, -0.2) is 9.37 Å². The summed E-state index contributed by atoms with van der Waals surface area (Å²) in [5, 5.41) is 5.57. The van der Waals surface area contributed by atoms with Gasteiger partial charge >= 0.3 is 6.18 Å². The van der Waals surface area contributed by atoms with E-state index in [0.717, 1.165) is 18.1 Å². The Labute approximate surface area is 177 Å². The molecule has 1 aliphatic rings. The van der Waals surface area contributed by atoms with Crippen molar-refractivity contribution in [2.24, 2.45) is 11.8 Å². The van der Waals surface area contributed by atoms with Crippen LogP contribution in [0.1, 0.15) is 31.5 Å². The van der Waals surface area contributed by atoms with E-state index < -0.39 is 11.9 Å². The van der Waals surface area contributed by atoms with Gasteiger partial charge in [-0.05, 0) is 48.2 Å². The maximum Gasteiger partial charge on any atom is 0.433 e. The summed E-state index contributed by atoms with van der Waals surface area (Å²) in [4.78, 5) is 9.72. The second kappa shape index (κ2) is 9.11. The molecule has 2 N–H and O–H groups in total. The zero-order chi connectivity index (χ0) is 21.9. The molecule has 0 bridgehead atoms. The SMILES string of the molecule is C[C@H]1C[C@H](C)CN(c2cc(C(F)(F)F)nc(NC(=S)NCc3ccc(F)cc3)n2)C1. The Kier molecular flexibility index (Phi) is 6.74. The molecule has 2 atom stereocenters. The number of nitrogens with one attached hydrogen (secondary N) is 2. The van der Waals surface area contributed by atoms with Gasteiger partial charge in [0, 0.05) is 25.7 Å². The minimum atomic E-state index is -4.61. The fourth-order valence-electron chi connectivity index (χ4n) is 3.58. The van der Waals surface area contributed by atoms with Crippen molar-refractivity contribution in [2.45, 2.75) is 33.0 Å². The lowest BCUT2D eigenvalue weighted by molar-refractivity contribution is -0.141. The lowest BCUT2D eigenvalue weighted by Gasteiger charge is -2.36. The van der Waals surface area contributed by atoms with Crippen LogP contribution >= 0.6 is 12.2 Å². The number of aromatic nitrogens is 2. The summed E-state index contributed by atoms with van der Waals surface area (Å²) in [6.45, 7) is 5.68. The number of rotatable bonds is 4. The lowest BCUT2D eigenvalue weighted by Crippen LogP contribution is -2.39. The maximum absolute atomic E-state index is 13.4. The number of piperidine rings is 1. The van der Waals surface area contributed by atoms with E-state index in [1.54, 1.807) is 12.1 Å². The summed E-state index contributed by atoms with van der Waals surface area (Å²) >= 11 is 5.16. The number of benzene rings is 1. The van der Waals surface area contributed by atoms with Crippen LogP contribution < -0.4 is 15.5 Å². The first-order valence-electron chi connectivity index (χ1n) is 9.60. The van der Waals surface area contributed by atoms with Crippen LogP contribution in [0.4, 0.5) is 29.3 Å². The minimum Gasteiger partial charge on any atom is -0.358 e. The third-order valence-electron chi connectivity index (χ3n) is 4.79. The highest BCUT2D eigenvalue weighted by Gasteiger charge is 2.35. The number of hydrogen-bond donors (Lipinski definition) is 2. The molecule has 5 nitrogen and oxygen atoms in total. The highest BCUT2D eigenvalue weighted by atomic mass is 32.1. The molecular weight excluding hydrogens is 418 g/mol. The molecule has 162 valence electrons. The monoisotopic (exact) mass is 441 g/mol. The van der Waals surface area contributed by atoms with E-state index in [2.05, 4.69) is 34.4 Å². The van der Waals surface area contributed by atoms with Crippen molar-refractivity contribution in [2.75, 3.05) is 23.3 Å². The first-order valence-corrected chi connectivity index (χ1v) is 10.0. The van der Waals surface area contributed by atoms with E-state index in [-0.39, 0.29) is 29.2 Å². The van der Waals surface area contributed by atoms with E-state index in [9.17, 15) is 17.6 Å². The molecule has 0 radical (unpaired) electrons. The van der Waals surface area contributed by atoms with E-state index in [1.807, 2.05) is 4.90 Å². The van der Waals surface area contributed by atoms with Gasteiger partial charge in [0.25, 0.3) is 0 Å². The van der Waals surface area contributed by atoms with Crippen molar-refractivity contribution in [3.8, 4) is 0 Å². The summed E-state index contributed by atoms with van der Waals surface area (Å²) in [7, 11) is 0. The molecule has 0 unspecified atom stereocenters. The van der Waals surface area contributed by atoms with Crippen molar-refractivity contribution in [3.05, 3.63) is 47.4 Å². The zero-order valence-electron chi connectivity index (χ0n) is 16.6. The molecule has 0 saturated carbocycles. The van der Waals surface area contributed by atoms with Crippen LogP contribution in [0.25, 0.3) is 0 Å². The molecule has 1 aliphatic heterocycles. The van der Waals surface area contributed by atoms with Gasteiger partial charge in [-0.1, -0.05) is 26.0 Å². The van der Waals surface area contributed by atoms with E-state index in [4.69, 9.17) is 12.2 Å². The average Bonchev–Trinajstić information content (AvgIpc) is 2.66. The number of halogens is 4. The van der Waals surface area contributed by atoms with E-state index in [1.165, 1.54) is 12.1 Å². The molecule has 30 heavy (non-hydrogen) atoms. The molecular formula is C20H23F4N5S. The van der Waals surface area contributed by atoms with Gasteiger partial charge in [0.05, 0.1) is 0 Å². The van der Waals surface area contributed by atoms with Crippen molar-refractivity contribution in [1.29, 1.82) is 0 Å². The third kappa shape index (κ3) is 6.01. The molecule has 1 aromatic carbocycles. The second-order valence-corrected chi connectivity index (χ2v) is 8.13. The Balaban J connectivity index is 1.75. The predicted octanol–water partition coefficient (Wildman–Crippen LogP) is 4.60. The van der Waals surface area contributed by atoms with Gasteiger partial charge in [-0.3, -0.25) is 0 Å². The molecule has 3 rings (SSSR count). The second-order valence-electron chi connectivity index (χ2n) is 7.72. The van der Waals surface area contributed by atoms with Crippen LogP contribution in [-0.2, 0) is 12.7 Å². The molecule has 1 fully saturated rings. The van der Waals surface area contributed by atoms with Crippen LogP contribution in [0, 0.1) is 17.7 Å². The third-order valence-corrected chi connectivity index (χ3v) is 5.03. The quantitative estimate of drug-likeness (QED) is 0.534. The molecule has 1 saturated heterocycles. The smallest absolute Gasteiger partial charge is 0.358 e. The highest BCUT2D eigenvalue weighted by molar-refractivity contribution is 7.80. The Morgan fingerprint density at radius 2 is 1.77 bits per heavy atom. The predicted molar refractivity (Wildman–Crippen MR) is 112 cm³/mol. The summed E-state index contributed by atoms with van der Waals surface area (Å²) in [6.07, 6.45) is -3.58. The van der Waals surface area contributed by atoms with Crippen molar-refractivity contribution < 1.29 is 17.6 Å². The maximum atomic E-state index is 13.4. The van der Waals surface area contributed by atoms with Gasteiger partial charge in [0.1, 0.15) is 11.6 Å². The van der Waals surface area contributed by atoms with Gasteiger partial charge < -0.3 is 15.5 Å². The molecule has 1 aromatic heterocycles. The van der Waals surface area contributed by atoms with Gasteiger partial charge in [0.15, 0.2) is 10.8 Å². The number of hydrogen-bond acceptors (Lipinski definition) is 4. The number of nitrogens with zero attached hydrogens (tertiary/aromatic N) is 3. The number of thiocarbonyl (C=S) groups is 1. The molecule has 10 heteroatoms. The fraction of sp³-hybridized carbons (Fsp3) is 0.450. The van der Waals surface area contributed by atoms with Crippen LogP contribution in [0.15, 0.2) is 30.3 Å². The highest BCUT2D eigenvalue weighted by Crippen LogP contribution is 2.32. The van der Waals surface area contributed by atoms with E-state index in [0.29, 0.717) is 24.9 Å². The molecule has 0 spiro atoms. The van der Waals surface area contributed by atoms with Crippen molar-refractivity contribution >= 4 is 29.1 Å². The number of anilines is 2. The van der Waals surface area contributed by atoms with Crippen LogP contribution in [0.2, 0.25) is 0 Å². The van der Waals surface area contributed by atoms with Crippen LogP contribution in [0.5, 0.6) is 0 Å². The largest absolute Gasteiger partial charge is 0.433 e. The van der Waals surface area contributed by atoms with Gasteiger partial charge in [-0.2, -0.15) is 18.2 Å². The summed E-state index contributed by atoms with van der Waals surface area (Å²) in [5.41, 5.74) is -0.260. The molecule has 2 aromatic rings. The summed E-state index contributed by atoms with van der Waals surface area (Å²) in [6, 6.07) is 6.78. The first kappa shape index (κ1) is 22.2. The molecule has 2 heterocycles. The Hall–Kier alpha value is -2.49. The fourth-order valence-corrected chi connectivity index (χ4v) is 3.74. The van der Waals surface area contributed by atoms with E-state index >= 15 is 0 Å². The standard InChI is InChI=1S/C20H23F4N5S/c1-12-7-13(2)11-29(10-12)17-8-16(20(22,23)24)26-18(27-17)28-19(30)25-9-14-3-5-15(21)6-4-14/h3-6,8,12-13H,7,9-11H2,1-2H3,(H2,25,26,27,28,30)/t12-,13-/m0/s1. The molecule has 0 amide bonds. The minimum absolute atomic E-state index is 0.0741. The van der Waals surface area contributed by atoms with Crippen molar-refractivity contribution in [1.82, 2.24) is 15.3 Å². The number of alkyl halides is 3. The van der Waals surface area contributed by atoms with Crippen LogP contribution in [-0.4, -0.2) is 28.2 Å². The normalized spacial score (nSPS) is 19.5. The van der Waals surface area contributed by atoms with Crippen LogP contribution in [0.3, 0.4) is 0 Å². The summed E-state index contributed by atoms with van der Waals surface area (Å²) in [5.74, 6) is 0.355.